The first kappa shape index (κ1) is 23.4. The summed E-state index contributed by atoms with van der Waals surface area (Å²) < 4.78 is 16.3. The van der Waals surface area contributed by atoms with Gasteiger partial charge in [0.05, 0.1) is 26.7 Å². The molecule has 3 unspecified atom stereocenters. The van der Waals surface area contributed by atoms with Crippen molar-refractivity contribution in [2.24, 2.45) is 5.92 Å². The average Bonchev–Trinajstić information content (AvgIpc) is 3.21. The second kappa shape index (κ2) is 10.4. The van der Waals surface area contributed by atoms with Crippen LogP contribution in [0, 0.1) is 19.8 Å². The van der Waals surface area contributed by atoms with E-state index >= 15 is 0 Å². The van der Waals surface area contributed by atoms with Crippen molar-refractivity contribution >= 4 is 11.9 Å². The van der Waals surface area contributed by atoms with Gasteiger partial charge in [-0.15, -0.1) is 0 Å². The number of hydrogen-bond donors (Lipinski definition) is 1. The summed E-state index contributed by atoms with van der Waals surface area (Å²) >= 11 is 0. The topological polar surface area (TPSA) is 73.9 Å². The number of aryl methyl sites for hydroxylation is 2. The van der Waals surface area contributed by atoms with Crippen LogP contribution in [0.4, 0.5) is 0 Å². The van der Waals surface area contributed by atoms with E-state index in [1.165, 1.54) is 0 Å². The Bertz CT molecular complexity index is 1010. The maximum absolute atomic E-state index is 13.0. The summed E-state index contributed by atoms with van der Waals surface area (Å²) in [6.45, 7) is 6.00. The lowest BCUT2D eigenvalue weighted by molar-refractivity contribution is -0.146. The Balaban J connectivity index is 1.82. The van der Waals surface area contributed by atoms with E-state index < -0.39 is 5.92 Å². The molecule has 3 rings (SSSR count). The van der Waals surface area contributed by atoms with E-state index in [-0.39, 0.29) is 30.4 Å². The van der Waals surface area contributed by atoms with Crippen LogP contribution in [0.2, 0.25) is 0 Å². The van der Waals surface area contributed by atoms with Crippen molar-refractivity contribution in [2.45, 2.75) is 39.2 Å². The monoisotopic (exact) mass is 437 g/mol. The highest BCUT2D eigenvalue weighted by Crippen LogP contribution is 2.40. The fourth-order valence-electron chi connectivity index (χ4n) is 4.24. The second-order valence-electron chi connectivity index (χ2n) is 8.02. The Morgan fingerprint density at radius 2 is 1.84 bits per heavy atom. The molecular formula is C26H31NO5. The van der Waals surface area contributed by atoms with Crippen LogP contribution in [-0.2, 0) is 9.53 Å². The molecule has 170 valence electrons. The normalized spacial score (nSPS) is 18.2. The molecule has 6 nitrogen and oxygen atoms in total. The van der Waals surface area contributed by atoms with Crippen molar-refractivity contribution in [3.05, 3.63) is 70.8 Å². The number of hydrogen-bond acceptors (Lipinski definition) is 5. The molecule has 3 atom stereocenters. The minimum absolute atomic E-state index is 0.121. The number of rotatable bonds is 8. The number of nitrogens with one attached hydrogen (secondary N) is 1. The Morgan fingerprint density at radius 3 is 2.50 bits per heavy atom. The molecule has 0 aromatic heterocycles. The zero-order chi connectivity index (χ0) is 23.3. The van der Waals surface area contributed by atoms with Crippen LogP contribution >= 0.6 is 0 Å². The zero-order valence-electron chi connectivity index (χ0n) is 19.3. The first-order chi connectivity index (χ1) is 15.4. The van der Waals surface area contributed by atoms with E-state index in [1.807, 2.05) is 50.3 Å². The third kappa shape index (κ3) is 5.13. The van der Waals surface area contributed by atoms with Gasteiger partial charge in [0.1, 0.15) is 11.5 Å². The van der Waals surface area contributed by atoms with Gasteiger partial charge in [-0.2, -0.15) is 0 Å². The summed E-state index contributed by atoms with van der Waals surface area (Å²) in [6.07, 6.45) is 4.51. The van der Waals surface area contributed by atoms with Crippen LogP contribution < -0.4 is 14.8 Å². The fraction of sp³-hybridized carbons (Fsp3) is 0.385. The lowest BCUT2D eigenvalue weighted by Crippen LogP contribution is -2.34. The van der Waals surface area contributed by atoms with E-state index in [2.05, 4.69) is 5.32 Å². The lowest BCUT2D eigenvalue weighted by atomic mass is 9.84. The number of esters is 1. The number of carbonyl (C=O) groups is 2. The summed E-state index contributed by atoms with van der Waals surface area (Å²) in [5.74, 6) is 0.0648. The van der Waals surface area contributed by atoms with Crippen molar-refractivity contribution < 1.29 is 23.8 Å². The van der Waals surface area contributed by atoms with Crippen LogP contribution in [0.25, 0.3) is 0 Å². The molecule has 0 aliphatic heterocycles. The first-order valence-corrected chi connectivity index (χ1v) is 10.8. The molecule has 0 fully saturated rings. The van der Waals surface area contributed by atoms with Crippen molar-refractivity contribution in [1.82, 2.24) is 5.32 Å². The van der Waals surface area contributed by atoms with Crippen LogP contribution in [-0.4, -0.2) is 38.7 Å². The minimum Gasteiger partial charge on any atom is -0.497 e. The number of carbonyl (C=O) groups excluding carboxylic acids is 2. The lowest BCUT2D eigenvalue weighted by Gasteiger charge is -2.24. The zero-order valence-corrected chi connectivity index (χ0v) is 19.3. The maximum Gasteiger partial charge on any atom is 0.314 e. The highest BCUT2D eigenvalue weighted by molar-refractivity contribution is 5.96. The summed E-state index contributed by atoms with van der Waals surface area (Å²) in [5, 5.41) is 3.08. The third-order valence-electron chi connectivity index (χ3n) is 5.80. The maximum atomic E-state index is 13.0. The molecule has 1 N–H and O–H groups in total. The summed E-state index contributed by atoms with van der Waals surface area (Å²) in [6, 6.07) is 11.0. The van der Waals surface area contributed by atoms with Crippen molar-refractivity contribution in [1.29, 1.82) is 0 Å². The average molecular weight is 438 g/mol. The second-order valence-corrected chi connectivity index (χ2v) is 8.02. The van der Waals surface area contributed by atoms with Crippen LogP contribution in [0.1, 0.15) is 46.3 Å². The Hall–Kier alpha value is -3.28. The molecule has 0 saturated heterocycles. The van der Waals surface area contributed by atoms with E-state index in [1.54, 1.807) is 33.3 Å². The number of benzene rings is 2. The van der Waals surface area contributed by atoms with Gasteiger partial charge in [-0.3, -0.25) is 9.59 Å². The largest absolute Gasteiger partial charge is 0.497 e. The molecule has 0 saturated carbocycles. The third-order valence-corrected chi connectivity index (χ3v) is 5.80. The number of amides is 1. The van der Waals surface area contributed by atoms with Crippen molar-refractivity contribution in [3.8, 4) is 11.5 Å². The smallest absolute Gasteiger partial charge is 0.314 e. The molecule has 32 heavy (non-hydrogen) atoms. The summed E-state index contributed by atoms with van der Waals surface area (Å²) in [4.78, 5) is 25.8. The van der Waals surface area contributed by atoms with Crippen LogP contribution in [0.5, 0.6) is 11.5 Å². The molecule has 2 aromatic rings. The summed E-state index contributed by atoms with van der Waals surface area (Å²) in [5.41, 5.74) is 3.42. The fourth-order valence-corrected chi connectivity index (χ4v) is 4.24. The van der Waals surface area contributed by atoms with Crippen LogP contribution in [0.3, 0.4) is 0 Å². The van der Waals surface area contributed by atoms with Gasteiger partial charge < -0.3 is 19.5 Å². The van der Waals surface area contributed by atoms with Gasteiger partial charge in [-0.25, -0.2) is 0 Å². The highest BCUT2D eigenvalue weighted by atomic mass is 16.5. The van der Waals surface area contributed by atoms with E-state index in [0.717, 1.165) is 11.1 Å². The van der Waals surface area contributed by atoms with Gasteiger partial charge in [-0.1, -0.05) is 29.8 Å². The molecule has 0 heterocycles. The van der Waals surface area contributed by atoms with E-state index in [4.69, 9.17) is 14.2 Å². The van der Waals surface area contributed by atoms with Gasteiger partial charge in [0.2, 0.25) is 0 Å². The molecule has 0 spiro atoms. The van der Waals surface area contributed by atoms with Gasteiger partial charge in [0.15, 0.2) is 0 Å². The molecule has 2 aromatic carbocycles. The molecule has 6 heteroatoms. The first-order valence-electron chi connectivity index (χ1n) is 10.8. The standard InChI is InChI=1S/C26H31NO5/c1-6-32-26(29)24(22-15-20(30-4)10-12-23(22)31-5)18-8-9-19(14-18)27-25(28)21-11-7-16(2)13-17(21)3/h7-13,15,18-19,24H,6,14H2,1-5H3,(H,27,28). The predicted octanol–water partition coefficient (Wildman–Crippen LogP) is 4.34. The summed E-state index contributed by atoms with van der Waals surface area (Å²) in [7, 11) is 3.16. The Morgan fingerprint density at radius 1 is 1.06 bits per heavy atom. The Labute approximate surface area is 189 Å². The van der Waals surface area contributed by atoms with Crippen LogP contribution in [0.15, 0.2) is 48.6 Å². The van der Waals surface area contributed by atoms with Gasteiger partial charge >= 0.3 is 5.97 Å². The Kier molecular flexibility index (Phi) is 7.57. The molecule has 0 radical (unpaired) electrons. The van der Waals surface area contributed by atoms with E-state index in [0.29, 0.717) is 29.0 Å². The number of ether oxygens (including phenoxy) is 3. The van der Waals surface area contributed by atoms with Crippen molar-refractivity contribution in [3.63, 3.8) is 0 Å². The van der Waals surface area contributed by atoms with Gasteiger partial charge in [-0.05, 0) is 62.9 Å². The van der Waals surface area contributed by atoms with Crippen molar-refractivity contribution in [2.75, 3.05) is 20.8 Å². The molecule has 0 bridgehead atoms. The minimum atomic E-state index is -0.570. The quantitative estimate of drug-likeness (QED) is 0.491. The van der Waals surface area contributed by atoms with E-state index in [9.17, 15) is 9.59 Å². The highest BCUT2D eigenvalue weighted by Gasteiger charge is 2.36. The SMILES string of the molecule is CCOC(=O)C(c1cc(OC)ccc1OC)C1C=CC(NC(=O)c2ccc(C)cc2C)C1. The molecule has 1 aliphatic rings. The number of allylic oxidation sites excluding steroid dienone is 1. The van der Waals surface area contributed by atoms with Gasteiger partial charge in [0, 0.05) is 17.2 Å². The molecule has 1 amide bonds. The number of methoxy groups -OCH3 is 2. The molecular weight excluding hydrogens is 406 g/mol. The van der Waals surface area contributed by atoms with Gasteiger partial charge in [0.25, 0.3) is 5.91 Å². The molecule has 1 aliphatic carbocycles. The predicted molar refractivity (Wildman–Crippen MR) is 123 cm³/mol.